The number of alkyl halides is 3. The molecule has 37 heavy (non-hydrogen) atoms. The van der Waals surface area contributed by atoms with Gasteiger partial charge in [0.15, 0.2) is 0 Å². The number of anilines is 1. The van der Waals surface area contributed by atoms with Gasteiger partial charge in [-0.25, -0.2) is 9.78 Å². The fourth-order valence-corrected chi connectivity index (χ4v) is 3.36. The van der Waals surface area contributed by atoms with Gasteiger partial charge in [-0.3, -0.25) is 24.3 Å². The van der Waals surface area contributed by atoms with Gasteiger partial charge >= 0.3 is 12.3 Å². The molecule has 9 nitrogen and oxygen atoms in total. The van der Waals surface area contributed by atoms with Gasteiger partial charge in [-0.2, -0.15) is 13.2 Å². The Morgan fingerprint density at radius 1 is 1.00 bits per heavy atom. The molecule has 0 aliphatic heterocycles. The number of ether oxygens (including phenoxy) is 1. The molecule has 194 valence electrons. The quantitative estimate of drug-likeness (QED) is 0.451. The number of ketones is 1. The lowest BCUT2D eigenvalue weighted by Gasteiger charge is -2.20. The first-order valence-electron chi connectivity index (χ1n) is 11.0. The summed E-state index contributed by atoms with van der Waals surface area (Å²) in [5, 5.41) is 4.31. The van der Waals surface area contributed by atoms with Crippen LogP contribution in [0.4, 0.5) is 23.7 Å². The number of amides is 2. The van der Waals surface area contributed by atoms with Crippen LogP contribution in [0.3, 0.4) is 0 Å². The van der Waals surface area contributed by atoms with Crippen LogP contribution >= 0.6 is 0 Å². The highest BCUT2D eigenvalue weighted by atomic mass is 19.4. The first-order chi connectivity index (χ1) is 17.5. The molecular weight excluding hydrogens is 493 g/mol. The summed E-state index contributed by atoms with van der Waals surface area (Å²) < 4.78 is 45.3. The van der Waals surface area contributed by atoms with Crippen molar-refractivity contribution in [3.8, 4) is 0 Å². The molecule has 0 aliphatic rings. The first kappa shape index (κ1) is 27.1. The number of carbonyl (C=O) groups is 3. The molecule has 0 fully saturated rings. The number of rotatable bonds is 9. The Labute approximate surface area is 209 Å². The molecule has 0 radical (unpaired) electrons. The minimum atomic E-state index is -5.18. The van der Waals surface area contributed by atoms with Crippen molar-refractivity contribution in [2.24, 2.45) is 0 Å². The van der Waals surface area contributed by atoms with E-state index in [2.05, 4.69) is 15.6 Å². The molecule has 1 unspecified atom stereocenters. The molecule has 0 saturated heterocycles. The van der Waals surface area contributed by atoms with Gasteiger partial charge in [-0.05, 0) is 18.1 Å². The van der Waals surface area contributed by atoms with Crippen LogP contribution in [0.5, 0.6) is 0 Å². The van der Waals surface area contributed by atoms with Crippen LogP contribution < -0.4 is 16.2 Å². The van der Waals surface area contributed by atoms with Crippen LogP contribution in [0.1, 0.15) is 17.0 Å². The SMILES string of the molecule is Cc1ncc(NC(=O)OCc2ccccc2)c(=O)n1CC(=O)NC(Cc1ccccc1)C(=O)C(F)(F)F. The number of aryl methyl sites for hydroxylation is 1. The minimum absolute atomic E-state index is 0.0569. The summed E-state index contributed by atoms with van der Waals surface area (Å²) in [6.45, 7) is 0.607. The van der Waals surface area contributed by atoms with E-state index in [0.717, 1.165) is 10.8 Å². The highest BCUT2D eigenvalue weighted by Gasteiger charge is 2.43. The molecule has 2 aromatic carbocycles. The van der Waals surface area contributed by atoms with E-state index in [1.165, 1.54) is 19.1 Å². The molecule has 3 aromatic rings. The van der Waals surface area contributed by atoms with Gasteiger partial charge in [-0.15, -0.1) is 0 Å². The Bertz CT molecular complexity index is 1310. The zero-order chi connectivity index (χ0) is 27.0. The van der Waals surface area contributed by atoms with Crippen molar-refractivity contribution in [1.29, 1.82) is 0 Å². The molecule has 1 atom stereocenters. The van der Waals surface area contributed by atoms with E-state index >= 15 is 0 Å². The molecule has 1 aromatic heterocycles. The van der Waals surface area contributed by atoms with Gasteiger partial charge in [0, 0.05) is 6.42 Å². The van der Waals surface area contributed by atoms with Crippen molar-refractivity contribution in [1.82, 2.24) is 14.9 Å². The molecule has 3 rings (SSSR count). The summed E-state index contributed by atoms with van der Waals surface area (Å²) in [7, 11) is 0. The Morgan fingerprint density at radius 3 is 2.19 bits per heavy atom. The number of nitrogens with one attached hydrogen (secondary N) is 2. The summed E-state index contributed by atoms with van der Waals surface area (Å²) in [6, 6.07) is 14.8. The molecule has 2 amide bonds. The van der Waals surface area contributed by atoms with E-state index in [0.29, 0.717) is 11.1 Å². The summed E-state index contributed by atoms with van der Waals surface area (Å²) in [4.78, 5) is 53.5. The number of aromatic nitrogens is 2. The zero-order valence-corrected chi connectivity index (χ0v) is 19.6. The number of hydrogen-bond acceptors (Lipinski definition) is 6. The second-order valence-electron chi connectivity index (χ2n) is 7.97. The Balaban J connectivity index is 1.71. The lowest BCUT2D eigenvalue weighted by molar-refractivity contribution is -0.173. The van der Waals surface area contributed by atoms with Crippen molar-refractivity contribution in [2.75, 3.05) is 5.32 Å². The maximum atomic E-state index is 13.1. The van der Waals surface area contributed by atoms with Crippen LogP contribution in [-0.4, -0.2) is 39.6 Å². The fraction of sp³-hybridized carbons (Fsp3) is 0.240. The summed E-state index contributed by atoms with van der Waals surface area (Å²) in [5.74, 6) is -3.08. The normalized spacial score (nSPS) is 11.9. The third kappa shape index (κ3) is 7.75. The molecular formula is C25H23F3N4O5. The van der Waals surface area contributed by atoms with E-state index in [-0.39, 0.29) is 18.1 Å². The monoisotopic (exact) mass is 516 g/mol. The maximum Gasteiger partial charge on any atom is 0.452 e. The highest BCUT2D eigenvalue weighted by molar-refractivity contribution is 5.93. The standard InChI is InChI=1S/C25H23F3N4O5/c1-16-29-13-20(31-24(36)37-15-18-10-6-3-7-11-18)23(35)32(16)14-21(33)30-19(22(34)25(26,27)28)12-17-8-4-2-5-9-17/h2-11,13,19H,12,14-15H2,1H3,(H,30,33)(H,31,36). The van der Waals surface area contributed by atoms with Crippen molar-refractivity contribution < 1.29 is 32.3 Å². The van der Waals surface area contributed by atoms with Crippen LogP contribution in [0.2, 0.25) is 0 Å². The number of Topliss-reactive ketones (excluding diaryl/α,β-unsaturated/α-hetero) is 1. The minimum Gasteiger partial charge on any atom is -0.444 e. The van der Waals surface area contributed by atoms with Gasteiger partial charge in [0.05, 0.1) is 6.20 Å². The third-order valence-electron chi connectivity index (χ3n) is 5.21. The molecule has 12 heteroatoms. The Hall–Kier alpha value is -4.48. The van der Waals surface area contributed by atoms with Crippen molar-refractivity contribution in [2.45, 2.75) is 38.7 Å². The van der Waals surface area contributed by atoms with Crippen LogP contribution in [0.15, 0.2) is 71.7 Å². The maximum absolute atomic E-state index is 13.1. The van der Waals surface area contributed by atoms with E-state index in [4.69, 9.17) is 4.74 Å². The van der Waals surface area contributed by atoms with E-state index in [1.807, 2.05) is 0 Å². The van der Waals surface area contributed by atoms with Gasteiger partial charge in [-0.1, -0.05) is 60.7 Å². The van der Waals surface area contributed by atoms with Crippen LogP contribution in [0.25, 0.3) is 0 Å². The predicted octanol–water partition coefficient (Wildman–Crippen LogP) is 3.16. The largest absolute Gasteiger partial charge is 0.452 e. The van der Waals surface area contributed by atoms with Gasteiger partial charge in [0.1, 0.15) is 30.7 Å². The van der Waals surface area contributed by atoms with Gasteiger partial charge in [0.2, 0.25) is 5.91 Å². The first-order valence-corrected chi connectivity index (χ1v) is 11.0. The molecule has 0 spiro atoms. The van der Waals surface area contributed by atoms with E-state index in [9.17, 15) is 32.3 Å². The van der Waals surface area contributed by atoms with Gasteiger partial charge in [0.25, 0.3) is 11.3 Å². The molecule has 0 aliphatic carbocycles. The lowest BCUT2D eigenvalue weighted by Crippen LogP contribution is -2.49. The van der Waals surface area contributed by atoms with Crippen molar-refractivity contribution in [3.05, 3.63) is 94.2 Å². The lowest BCUT2D eigenvalue weighted by atomic mass is 10.0. The molecule has 0 saturated carbocycles. The molecule has 2 N–H and O–H groups in total. The smallest absolute Gasteiger partial charge is 0.444 e. The number of halogens is 3. The Morgan fingerprint density at radius 2 is 1.59 bits per heavy atom. The topological polar surface area (TPSA) is 119 Å². The second kappa shape index (κ2) is 12.0. The number of nitrogens with zero attached hydrogens (tertiary/aromatic N) is 2. The molecule has 1 heterocycles. The van der Waals surface area contributed by atoms with Crippen molar-refractivity contribution in [3.63, 3.8) is 0 Å². The zero-order valence-electron chi connectivity index (χ0n) is 19.6. The highest BCUT2D eigenvalue weighted by Crippen LogP contribution is 2.20. The van der Waals surface area contributed by atoms with Crippen molar-refractivity contribution >= 4 is 23.5 Å². The Kier molecular flexibility index (Phi) is 8.77. The summed E-state index contributed by atoms with van der Waals surface area (Å²) >= 11 is 0. The average molecular weight is 516 g/mol. The van der Waals surface area contributed by atoms with Crippen LogP contribution in [-0.2, 0) is 33.9 Å². The van der Waals surface area contributed by atoms with E-state index < -0.39 is 48.5 Å². The second-order valence-corrected chi connectivity index (χ2v) is 7.97. The van der Waals surface area contributed by atoms with Crippen LogP contribution in [0, 0.1) is 6.92 Å². The fourth-order valence-electron chi connectivity index (χ4n) is 3.36. The van der Waals surface area contributed by atoms with E-state index in [1.54, 1.807) is 48.5 Å². The molecule has 0 bridgehead atoms. The summed E-state index contributed by atoms with van der Waals surface area (Å²) in [6.07, 6.45) is -5.45. The number of hydrogen-bond donors (Lipinski definition) is 2. The summed E-state index contributed by atoms with van der Waals surface area (Å²) in [5.41, 5.74) is -0.0161. The number of carbonyl (C=O) groups excluding carboxylic acids is 3. The number of benzene rings is 2. The third-order valence-corrected chi connectivity index (χ3v) is 5.21. The predicted molar refractivity (Wildman–Crippen MR) is 127 cm³/mol. The van der Waals surface area contributed by atoms with Gasteiger partial charge < -0.3 is 10.1 Å². The average Bonchev–Trinajstić information content (AvgIpc) is 2.87.